The highest BCUT2D eigenvalue weighted by Gasteiger charge is 2.49. The van der Waals surface area contributed by atoms with Crippen LogP contribution in [-0.4, -0.2) is 34.5 Å². The fourth-order valence-corrected chi connectivity index (χ4v) is 5.33. The van der Waals surface area contributed by atoms with Gasteiger partial charge in [0.05, 0.1) is 0 Å². The van der Waals surface area contributed by atoms with Crippen molar-refractivity contribution in [2.45, 2.75) is 55.2 Å². The first-order valence-electron chi connectivity index (χ1n) is 10.6. The van der Waals surface area contributed by atoms with Gasteiger partial charge in [-0.2, -0.15) is 0 Å². The lowest BCUT2D eigenvalue weighted by atomic mass is 9.91. The maximum atomic E-state index is 13.0. The summed E-state index contributed by atoms with van der Waals surface area (Å²) in [4.78, 5) is 40.1. The van der Waals surface area contributed by atoms with Gasteiger partial charge in [0, 0.05) is 15.8 Å². The van der Waals surface area contributed by atoms with Gasteiger partial charge in [0.2, 0.25) is 5.91 Å². The number of thioether (sulfide) groups is 1. The van der Waals surface area contributed by atoms with E-state index < -0.39 is 23.4 Å². The molecule has 1 aliphatic heterocycles. The van der Waals surface area contributed by atoms with E-state index in [0.29, 0.717) is 16.5 Å². The molecule has 4 amide bonds. The topological polar surface area (TPSA) is 78.5 Å². The summed E-state index contributed by atoms with van der Waals surface area (Å²) in [5, 5.41) is 6.20. The van der Waals surface area contributed by atoms with Crippen molar-refractivity contribution in [3.05, 3.63) is 59.7 Å². The minimum atomic E-state index is -1.18. The molecule has 2 fully saturated rings. The number of anilines is 1. The minimum absolute atomic E-state index is 0.329. The molecule has 162 valence electrons. The summed E-state index contributed by atoms with van der Waals surface area (Å²) in [5.74, 6) is -0.840. The van der Waals surface area contributed by atoms with E-state index >= 15 is 0 Å². The Hall–Kier alpha value is -2.80. The number of nitrogens with one attached hydrogen (secondary N) is 2. The molecule has 1 saturated carbocycles. The molecule has 2 aromatic rings. The third kappa shape index (κ3) is 4.61. The molecule has 0 aromatic heterocycles. The van der Waals surface area contributed by atoms with Crippen molar-refractivity contribution in [1.29, 1.82) is 0 Å². The van der Waals surface area contributed by atoms with Gasteiger partial charge in [0.15, 0.2) is 0 Å². The monoisotopic (exact) mass is 437 g/mol. The van der Waals surface area contributed by atoms with Crippen LogP contribution in [0.5, 0.6) is 0 Å². The van der Waals surface area contributed by atoms with Gasteiger partial charge in [-0.05, 0) is 56.5 Å². The first-order valence-corrected chi connectivity index (χ1v) is 11.5. The highest BCUT2D eigenvalue weighted by atomic mass is 32.2. The lowest BCUT2D eigenvalue weighted by Gasteiger charge is -2.22. The summed E-state index contributed by atoms with van der Waals surface area (Å²) < 4.78 is 0. The molecule has 0 radical (unpaired) electrons. The molecular formula is C24H27N3O3S. The molecule has 0 spiro atoms. The van der Waals surface area contributed by atoms with Crippen LogP contribution in [0.3, 0.4) is 0 Å². The van der Waals surface area contributed by atoms with E-state index in [1.54, 1.807) is 6.92 Å². The fraction of sp³-hybridized carbons (Fsp3) is 0.375. The molecule has 6 nitrogen and oxygen atoms in total. The van der Waals surface area contributed by atoms with E-state index in [2.05, 4.69) is 10.6 Å². The van der Waals surface area contributed by atoms with Crippen LogP contribution in [0.25, 0.3) is 0 Å². The molecule has 1 atom stereocenters. The zero-order chi connectivity index (χ0) is 22.0. The molecule has 2 aromatic carbocycles. The van der Waals surface area contributed by atoms with E-state index in [9.17, 15) is 14.4 Å². The Morgan fingerprint density at radius 3 is 2.39 bits per heavy atom. The van der Waals surface area contributed by atoms with E-state index in [0.717, 1.165) is 10.5 Å². The van der Waals surface area contributed by atoms with Crippen LogP contribution in [0.4, 0.5) is 10.5 Å². The second kappa shape index (κ2) is 8.75. The number of benzene rings is 2. The molecule has 4 rings (SSSR count). The molecule has 31 heavy (non-hydrogen) atoms. The smallest absolute Gasteiger partial charge is 0.325 e. The summed E-state index contributed by atoms with van der Waals surface area (Å²) >= 11 is 1.89. The Morgan fingerprint density at radius 2 is 1.74 bits per heavy atom. The summed E-state index contributed by atoms with van der Waals surface area (Å²) in [6, 6.07) is 14.6. The number of imide groups is 1. The lowest BCUT2D eigenvalue weighted by molar-refractivity contribution is -0.133. The van der Waals surface area contributed by atoms with Crippen molar-refractivity contribution in [2.75, 3.05) is 11.9 Å². The number of rotatable bonds is 6. The Bertz CT molecular complexity index is 984. The van der Waals surface area contributed by atoms with Crippen LogP contribution < -0.4 is 10.6 Å². The Kier molecular flexibility index (Phi) is 6.05. The summed E-state index contributed by atoms with van der Waals surface area (Å²) in [7, 11) is 0. The van der Waals surface area contributed by atoms with Gasteiger partial charge in [0.25, 0.3) is 5.91 Å². The third-order valence-electron chi connectivity index (χ3n) is 5.95. The van der Waals surface area contributed by atoms with Gasteiger partial charge in [-0.25, -0.2) is 4.79 Å². The summed E-state index contributed by atoms with van der Waals surface area (Å²) in [6.45, 7) is 3.29. The average Bonchev–Trinajstić information content (AvgIpc) is 3.33. The molecule has 1 heterocycles. The SMILES string of the molecule is Cc1ccc(C2(C)NC(=O)N(CC(=O)Nc3ccc(SC4CCCC4)cc3)C2=O)cc1. The number of hydrogen-bond acceptors (Lipinski definition) is 4. The molecule has 1 unspecified atom stereocenters. The molecule has 0 bridgehead atoms. The van der Waals surface area contributed by atoms with Gasteiger partial charge in [-0.1, -0.05) is 42.7 Å². The van der Waals surface area contributed by atoms with Crippen LogP contribution in [0.15, 0.2) is 53.4 Å². The van der Waals surface area contributed by atoms with E-state index in [1.807, 2.05) is 67.2 Å². The number of carbonyl (C=O) groups is 3. The van der Waals surface area contributed by atoms with Gasteiger partial charge in [0.1, 0.15) is 12.1 Å². The third-order valence-corrected chi connectivity index (χ3v) is 7.30. The van der Waals surface area contributed by atoms with Crippen molar-refractivity contribution in [1.82, 2.24) is 10.2 Å². The van der Waals surface area contributed by atoms with Gasteiger partial charge in [-0.3, -0.25) is 14.5 Å². The number of urea groups is 1. The van der Waals surface area contributed by atoms with Gasteiger partial charge >= 0.3 is 6.03 Å². The highest BCUT2D eigenvalue weighted by molar-refractivity contribution is 8.00. The summed E-state index contributed by atoms with van der Waals surface area (Å²) in [5.41, 5.74) is 1.22. The maximum Gasteiger partial charge on any atom is 0.325 e. The fourth-order valence-electron chi connectivity index (χ4n) is 4.08. The van der Waals surface area contributed by atoms with Crippen molar-refractivity contribution < 1.29 is 14.4 Å². The zero-order valence-corrected chi connectivity index (χ0v) is 18.6. The van der Waals surface area contributed by atoms with E-state index in [1.165, 1.54) is 30.6 Å². The first kappa shape index (κ1) is 21.4. The van der Waals surface area contributed by atoms with Crippen LogP contribution in [-0.2, 0) is 15.1 Å². The zero-order valence-electron chi connectivity index (χ0n) is 17.8. The van der Waals surface area contributed by atoms with Crippen molar-refractivity contribution in [3.63, 3.8) is 0 Å². The van der Waals surface area contributed by atoms with Crippen LogP contribution in [0.2, 0.25) is 0 Å². The number of hydrogen-bond donors (Lipinski definition) is 2. The van der Waals surface area contributed by atoms with Gasteiger partial charge < -0.3 is 10.6 Å². The second-order valence-corrected chi connectivity index (χ2v) is 9.78. The lowest BCUT2D eigenvalue weighted by Crippen LogP contribution is -2.42. The normalized spacial score (nSPS) is 21.4. The quantitative estimate of drug-likeness (QED) is 0.655. The predicted octanol–water partition coefficient (Wildman–Crippen LogP) is 4.44. The van der Waals surface area contributed by atoms with E-state index in [4.69, 9.17) is 0 Å². The summed E-state index contributed by atoms with van der Waals surface area (Å²) in [6.07, 6.45) is 5.13. The van der Waals surface area contributed by atoms with Crippen molar-refractivity contribution >= 4 is 35.3 Å². The predicted molar refractivity (Wildman–Crippen MR) is 122 cm³/mol. The highest BCUT2D eigenvalue weighted by Crippen LogP contribution is 2.35. The standard InChI is InChI=1S/C24H27N3O3S/c1-16-7-9-17(10-8-16)24(2)22(29)27(23(30)26-24)15-21(28)25-18-11-13-20(14-12-18)31-19-5-3-4-6-19/h7-14,19H,3-6,15H2,1-2H3,(H,25,28)(H,26,30). The van der Waals surface area contributed by atoms with Crippen molar-refractivity contribution in [2.24, 2.45) is 0 Å². The molecule has 7 heteroatoms. The Morgan fingerprint density at radius 1 is 1.10 bits per heavy atom. The minimum Gasteiger partial charge on any atom is -0.325 e. The Balaban J connectivity index is 1.37. The molecule has 2 N–H and O–H groups in total. The molecule has 1 aliphatic carbocycles. The average molecular weight is 438 g/mol. The number of nitrogens with zero attached hydrogens (tertiary/aromatic N) is 1. The molecule has 2 aliphatic rings. The molecule has 1 saturated heterocycles. The Labute approximate surface area is 186 Å². The van der Waals surface area contributed by atoms with Crippen LogP contribution in [0, 0.1) is 6.92 Å². The molecular weight excluding hydrogens is 410 g/mol. The van der Waals surface area contributed by atoms with Crippen molar-refractivity contribution in [3.8, 4) is 0 Å². The largest absolute Gasteiger partial charge is 0.325 e. The van der Waals surface area contributed by atoms with E-state index in [-0.39, 0.29) is 6.54 Å². The number of aryl methyl sites for hydroxylation is 1. The maximum absolute atomic E-state index is 13.0. The van der Waals surface area contributed by atoms with Crippen LogP contribution in [0.1, 0.15) is 43.7 Å². The second-order valence-electron chi connectivity index (χ2n) is 8.41. The van der Waals surface area contributed by atoms with Crippen LogP contribution >= 0.6 is 11.8 Å². The first-order chi connectivity index (χ1) is 14.8. The number of carbonyl (C=O) groups excluding carboxylic acids is 3. The number of amides is 4. The van der Waals surface area contributed by atoms with Gasteiger partial charge in [-0.15, -0.1) is 11.8 Å².